The number of primary sulfonamides is 1. The molecule has 1 amide bonds. The van der Waals surface area contributed by atoms with E-state index in [9.17, 15) is 13.2 Å². The summed E-state index contributed by atoms with van der Waals surface area (Å²) in [5.74, 6) is -0.793. The lowest BCUT2D eigenvalue weighted by Gasteiger charge is -2.02. The van der Waals surface area contributed by atoms with Crippen LogP contribution in [0.15, 0.2) is 0 Å². The molecule has 0 spiro atoms. The quantitative estimate of drug-likeness (QED) is 0.583. The van der Waals surface area contributed by atoms with Gasteiger partial charge in [-0.15, -0.1) is 0 Å². The van der Waals surface area contributed by atoms with Crippen LogP contribution in [0, 0.1) is 0 Å². The highest BCUT2D eigenvalue weighted by Gasteiger charge is 2.06. The summed E-state index contributed by atoms with van der Waals surface area (Å²) < 4.78 is 24.6. The Morgan fingerprint density at radius 3 is 2.55 bits per heavy atom. The third kappa shape index (κ3) is 7.07. The highest BCUT2D eigenvalue weighted by Crippen LogP contribution is 1.81. The molecule has 0 aromatic heterocycles. The number of alkyl carbamates (subject to hydrolysis) is 1. The largest absolute Gasteiger partial charge is 0.432 e. The molecular formula is C4H10N2O4S. The van der Waals surface area contributed by atoms with Gasteiger partial charge in [-0.05, 0) is 6.92 Å². The standard InChI is InChI=1S/C4H10N2O4S/c1-2-6-4(7)10-3-11(5,8)9/h2-3H2,1H3,(H,6,7)(H2,5,8,9). The zero-order valence-electron chi connectivity index (χ0n) is 6.03. The molecule has 0 aliphatic heterocycles. The fourth-order valence-corrected chi connectivity index (χ4v) is 0.602. The molecule has 0 aromatic carbocycles. The third-order valence-electron chi connectivity index (χ3n) is 0.675. The van der Waals surface area contributed by atoms with E-state index in [-0.39, 0.29) is 0 Å². The topological polar surface area (TPSA) is 98.5 Å². The molecule has 0 atom stereocenters. The highest BCUT2D eigenvalue weighted by atomic mass is 32.2. The highest BCUT2D eigenvalue weighted by molar-refractivity contribution is 7.88. The summed E-state index contributed by atoms with van der Waals surface area (Å²) in [7, 11) is -3.72. The monoisotopic (exact) mass is 182 g/mol. The Labute approximate surface area is 64.8 Å². The number of amides is 1. The van der Waals surface area contributed by atoms with Crippen molar-refractivity contribution >= 4 is 16.1 Å². The lowest BCUT2D eigenvalue weighted by atomic mass is 10.8. The first-order valence-corrected chi connectivity index (χ1v) is 4.58. The van der Waals surface area contributed by atoms with E-state index in [1.54, 1.807) is 6.92 Å². The summed E-state index contributed by atoms with van der Waals surface area (Å²) in [4.78, 5) is 10.4. The lowest BCUT2D eigenvalue weighted by Crippen LogP contribution is -2.28. The molecule has 0 bridgehead atoms. The molecule has 0 saturated carbocycles. The first-order chi connectivity index (χ1) is 4.95. The van der Waals surface area contributed by atoms with Crippen molar-refractivity contribution in [2.45, 2.75) is 6.92 Å². The summed E-state index contributed by atoms with van der Waals surface area (Å²) in [6.45, 7) is 2.06. The van der Waals surface area contributed by atoms with Gasteiger partial charge in [0.05, 0.1) is 0 Å². The van der Waals surface area contributed by atoms with Crippen molar-refractivity contribution in [2.75, 3.05) is 12.5 Å². The van der Waals surface area contributed by atoms with Crippen molar-refractivity contribution in [1.82, 2.24) is 5.32 Å². The van der Waals surface area contributed by atoms with E-state index in [0.717, 1.165) is 0 Å². The maximum atomic E-state index is 10.4. The van der Waals surface area contributed by atoms with E-state index >= 15 is 0 Å². The van der Waals surface area contributed by atoms with E-state index in [1.165, 1.54) is 0 Å². The number of carbonyl (C=O) groups is 1. The zero-order chi connectivity index (χ0) is 8.91. The Morgan fingerprint density at radius 1 is 1.64 bits per heavy atom. The average Bonchev–Trinajstić information content (AvgIpc) is 1.83. The van der Waals surface area contributed by atoms with E-state index < -0.39 is 22.1 Å². The number of carbonyl (C=O) groups excluding carboxylic acids is 1. The van der Waals surface area contributed by atoms with Crippen LogP contribution in [0.3, 0.4) is 0 Å². The van der Waals surface area contributed by atoms with Crippen molar-refractivity contribution in [1.29, 1.82) is 0 Å². The summed E-state index contributed by atoms with van der Waals surface area (Å²) in [6, 6.07) is 0. The van der Waals surface area contributed by atoms with Crippen molar-refractivity contribution in [3.05, 3.63) is 0 Å². The molecule has 7 heteroatoms. The molecule has 0 fully saturated rings. The van der Waals surface area contributed by atoms with Crippen LogP contribution in [0.1, 0.15) is 6.92 Å². The molecule has 0 aliphatic rings. The molecule has 0 radical (unpaired) electrons. The van der Waals surface area contributed by atoms with Crippen LogP contribution in [0.2, 0.25) is 0 Å². The van der Waals surface area contributed by atoms with E-state index in [4.69, 9.17) is 0 Å². The van der Waals surface area contributed by atoms with Gasteiger partial charge >= 0.3 is 6.09 Å². The maximum absolute atomic E-state index is 10.4. The zero-order valence-corrected chi connectivity index (χ0v) is 6.85. The lowest BCUT2D eigenvalue weighted by molar-refractivity contribution is 0.164. The summed E-state index contributed by atoms with van der Waals surface area (Å²) in [5, 5.41) is 6.78. The Balaban J connectivity index is 3.64. The molecule has 6 nitrogen and oxygen atoms in total. The van der Waals surface area contributed by atoms with Gasteiger partial charge in [0.1, 0.15) is 0 Å². The average molecular weight is 182 g/mol. The minimum Gasteiger partial charge on any atom is -0.432 e. The summed E-state index contributed by atoms with van der Waals surface area (Å²) in [6.07, 6.45) is -0.790. The van der Waals surface area contributed by atoms with Gasteiger partial charge < -0.3 is 10.1 Å². The van der Waals surface area contributed by atoms with Crippen LogP contribution in [0.5, 0.6) is 0 Å². The molecule has 3 N–H and O–H groups in total. The molecule has 0 saturated heterocycles. The molecule has 0 aromatic rings. The fourth-order valence-electron chi connectivity index (χ4n) is 0.331. The third-order valence-corrected chi connectivity index (χ3v) is 1.12. The normalized spacial score (nSPS) is 10.7. The van der Waals surface area contributed by atoms with Gasteiger partial charge in [-0.25, -0.2) is 18.4 Å². The van der Waals surface area contributed by atoms with Crippen LogP contribution in [-0.2, 0) is 14.8 Å². The minimum atomic E-state index is -3.72. The van der Waals surface area contributed by atoms with Gasteiger partial charge in [-0.3, -0.25) is 0 Å². The fraction of sp³-hybridized carbons (Fsp3) is 0.750. The Bertz CT molecular complexity index is 222. The number of ether oxygens (including phenoxy) is 1. The Morgan fingerprint density at radius 2 is 2.18 bits per heavy atom. The van der Waals surface area contributed by atoms with Gasteiger partial charge in [0.15, 0.2) is 0 Å². The predicted molar refractivity (Wildman–Crippen MR) is 38.1 cm³/mol. The van der Waals surface area contributed by atoms with Gasteiger partial charge in [-0.1, -0.05) is 0 Å². The number of hydrogen-bond acceptors (Lipinski definition) is 4. The minimum absolute atomic E-state index is 0.378. The number of hydrogen-bond donors (Lipinski definition) is 2. The molecule has 0 aliphatic carbocycles. The number of rotatable bonds is 3. The van der Waals surface area contributed by atoms with Crippen LogP contribution >= 0.6 is 0 Å². The summed E-state index contributed by atoms with van der Waals surface area (Å²) >= 11 is 0. The van der Waals surface area contributed by atoms with Gasteiger partial charge in [0.2, 0.25) is 16.0 Å². The number of sulfonamides is 1. The molecule has 0 heterocycles. The SMILES string of the molecule is CCNC(=O)OCS(N)(=O)=O. The Hall–Kier alpha value is -0.820. The van der Waals surface area contributed by atoms with Crippen molar-refractivity contribution < 1.29 is 17.9 Å². The molecule has 0 rings (SSSR count). The van der Waals surface area contributed by atoms with Gasteiger partial charge in [0, 0.05) is 6.54 Å². The van der Waals surface area contributed by atoms with Crippen molar-refractivity contribution in [3.8, 4) is 0 Å². The second-order valence-corrected chi connectivity index (χ2v) is 3.30. The first-order valence-electron chi connectivity index (χ1n) is 2.87. The first kappa shape index (κ1) is 10.2. The Kier molecular flexibility index (Phi) is 3.83. The van der Waals surface area contributed by atoms with E-state index in [0.29, 0.717) is 6.54 Å². The smallest absolute Gasteiger partial charge is 0.408 e. The van der Waals surface area contributed by atoms with Gasteiger partial charge in [-0.2, -0.15) is 0 Å². The summed E-state index contributed by atoms with van der Waals surface area (Å²) in [5.41, 5.74) is 0. The van der Waals surface area contributed by atoms with Crippen LogP contribution < -0.4 is 10.5 Å². The van der Waals surface area contributed by atoms with E-state index in [2.05, 4.69) is 15.2 Å². The number of nitrogens with one attached hydrogen (secondary N) is 1. The second kappa shape index (κ2) is 4.14. The predicted octanol–water partition coefficient (Wildman–Crippen LogP) is -1.02. The van der Waals surface area contributed by atoms with Crippen LogP contribution in [-0.4, -0.2) is 27.0 Å². The van der Waals surface area contributed by atoms with Crippen molar-refractivity contribution in [3.63, 3.8) is 0 Å². The number of nitrogens with two attached hydrogens (primary N) is 1. The van der Waals surface area contributed by atoms with E-state index in [1.807, 2.05) is 0 Å². The molecule has 66 valence electrons. The van der Waals surface area contributed by atoms with Gasteiger partial charge in [0.25, 0.3) is 0 Å². The molecular weight excluding hydrogens is 172 g/mol. The molecule has 11 heavy (non-hydrogen) atoms. The second-order valence-electron chi connectivity index (χ2n) is 1.74. The van der Waals surface area contributed by atoms with Crippen LogP contribution in [0.25, 0.3) is 0 Å². The maximum Gasteiger partial charge on any atom is 0.408 e. The van der Waals surface area contributed by atoms with Crippen LogP contribution in [0.4, 0.5) is 4.79 Å². The van der Waals surface area contributed by atoms with Crippen molar-refractivity contribution in [2.24, 2.45) is 5.14 Å². The molecule has 0 unspecified atom stereocenters.